The lowest BCUT2D eigenvalue weighted by Crippen LogP contribution is -2.39. The number of hydrogen-bond donors (Lipinski definition) is 0. The van der Waals surface area contributed by atoms with Gasteiger partial charge in [0.2, 0.25) is 0 Å². The third-order valence-electron chi connectivity index (χ3n) is 2.08. The third-order valence-corrected chi connectivity index (χ3v) is 2.08. The van der Waals surface area contributed by atoms with Gasteiger partial charge in [0.1, 0.15) is 12.7 Å². The minimum absolute atomic E-state index is 0.0495. The van der Waals surface area contributed by atoms with Crippen molar-refractivity contribution in [3.05, 3.63) is 0 Å². The lowest BCUT2D eigenvalue weighted by molar-refractivity contribution is -0.181. The topological polar surface area (TPSA) is 78.9 Å². The van der Waals surface area contributed by atoms with Gasteiger partial charge in [-0.25, -0.2) is 4.79 Å². The van der Waals surface area contributed by atoms with Gasteiger partial charge >= 0.3 is 17.9 Å². The van der Waals surface area contributed by atoms with Crippen molar-refractivity contribution in [2.24, 2.45) is 0 Å². The highest BCUT2D eigenvalue weighted by Crippen LogP contribution is 2.18. The van der Waals surface area contributed by atoms with E-state index in [-0.39, 0.29) is 6.61 Å². The van der Waals surface area contributed by atoms with Crippen LogP contribution < -0.4 is 0 Å². The van der Waals surface area contributed by atoms with Crippen LogP contribution in [0.15, 0.2) is 0 Å². The third kappa shape index (κ3) is 3.88. The van der Waals surface area contributed by atoms with E-state index >= 15 is 0 Å². The van der Waals surface area contributed by atoms with Crippen LogP contribution in [0, 0.1) is 0 Å². The molecule has 0 bridgehead atoms. The Morgan fingerprint density at radius 2 is 2.00 bits per heavy atom. The normalized spacial score (nSPS) is 24.5. The van der Waals surface area contributed by atoms with Crippen LogP contribution in [0.2, 0.25) is 0 Å². The number of esters is 3. The molecule has 1 rings (SSSR count). The summed E-state index contributed by atoms with van der Waals surface area (Å²) in [5.74, 6) is -1.52. The molecular weight excluding hydrogens is 216 g/mol. The molecule has 1 aliphatic rings. The quantitative estimate of drug-likeness (QED) is 0.508. The molecule has 1 saturated heterocycles. The number of carbonyl (C=O) groups excluding carboxylic acids is 3. The highest BCUT2D eigenvalue weighted by Gasteiger charge is 2.32. The first-order chi connectivity index (χ1) is 7.49. The molecule has 90 valence electrons. The van der Waals surface area contributed by atoms with Crippen LogP contribution in [-0.2, 0) is 28.6 Å². The van der Waals surface area contributed by atoms with Gasteiger partial charge in [-0.2, -0.15) is 0 Å². The molecule has 0 radical (unpaired) electrons. The van der Waals surface area contributed by atoms with Gasteiger partial charge in [0.15, 0.2) is 6.10 Å². The van der Waals surface area contributed by atoms with Crippen molar-refractivity contribution < 1.29 is 28.6 Å². The fourth-order valence-electron chi connectivity index (χ4n) is 1.39. The lowest BCUT2D eigenvalue weighted by atomic mass is 10.1. The zero-order valence-electron chi connectivity index (χ0n) is 9.23. The second kappa shape index (κ2) is 5.48. The summed E-state index contributed by atoms with van der Waals surface area (Å²) in [5, 5.41) is 0. The Balaban J connectivity index is 2.36. The lowest BCUT2D eigenvalue weighted by Gasteiger charge is -2.27. The van der Waals surface area contributed by atoms with Crippen molar-refractivity contribution >= 4 is 17.9 Å². The molecule has 0 amide bonds. The molecule has 6 heteroatoms. The van der Waals surface area contributed by atoms with Gasteiger partial charge in [0, 0.05) is 13.8 Å². The Hall–Kier alpha value is -1.59. The number of carbonyl (C=O) groups is 3. The molecule has 6 nitrogen and oxygen atoms in total. The van der Waals surface area contributed by atoms with Crippen molar-refractivity contribution in [2.75, 3.05) is 6.61 Å². The zero-order valence-corrected chi connectivity index (χ0v) is 9.23. The molecule has 0 spiro atoms. The van der Waals surface area contributed by atoms with E-state index in [1.165, 1.54) is 13.8 Å². The summed E-state index contributed by atoms with van der Waals surface area (Å²) >= 11 is 0. The van der Waals surface area contributed by atoms with Crippen LogP contribution in [0.4, 0.5) is 0 Å². The van der Waals surface area contributed by atoms with Crippen LogP contribution >= 0.6 is 0 Å². The van der Waals surface area contributed by atoms with Crippen LogP contribution in [0.25, 0.3) is 0 Å². The molecule has 1 aliphatic heterocycles. The molecule has 0 aromatic carbocycles. The smallest absolute Gasteiger partial charge is 0.347 e. The van der Waals surface area contributed by atoms with Gasteiger partial charge in [-0.05, 0) is 12.8 Å². The average molecular weight is 230 g/mol. The predicted octanol–water partition coefficient (Wildman–Crippen LogP) is 0.187. The Kier molecular flexibility index (Phi) is 4.28. The molecule has 1 fully saturated rings. The largest absolute Gasteiger partial charge is 0.462 e. The average Bonchev–Trinajstić information content (AvgIpc) is 2.18. The van der Waals surface area contributed by atoms with Crippen LogP contribution in [0.3, 0.4) is 0 Å². The van der Waals surface area contributed by atoms with Gasteiger partial charge in [-0.3, -0.25) is 9.59 Å². The number of hydrogen-bond acceptors (Lipinski definition) is 6. The fraction of sp³-hybridized carbons (Fsp3) is 0.700. The van der Waals surface area contributed by atoms with Crippen molar-refractivity contribution in [2.45, 2.75) is 38.9 Å². The van der Waals surface area contributed by atoms with Crippen LogP contribution in [0.1, 0.15) is 26.7 Å². The van der Waals surface area contributed by atoms with Crippen LogP contribution in [-0.4, -0.2) is 36.7 Å². The second-order valence-corrected chi connectivity index (χ2v) is 3.54. The van der Waals surface area contributed by atoms with E-state index in [9.17, 15) is 14.4 Å². The highest BCUT2D eigenvalue weighted by molar-refractivity contribution is 5.79. The molecule has 0 saturated carbocycles. The molecule has 0 aromatic heterocycles. The van der Waals surface area contributed by atoms with E-state index in [2.05, 4.69) is 0 Å². The summed E-state index contributed by atoms with van der Waals surface area (Å²) < 4.78 is 14.4. The van der Waals surface area contributed by atoms with Gasteiger partial charge in [0.25, 0.3) is 0 Å². The van der Waals surface area contributed by atoms with Gasteiger partial charge in [0.05, 0.1) is 0 Å². The van der Waals surface area contributed by atoms with Gasteiger partial charge in [-0.1, -0.05) is 0 Å². The SMILES string of the molecule is CC(=O)OC[C@H]1CC[C@@H](OC(C)=O)C(=O)O1. The van der Waals surface area contributed by atoms with Crippen LogP contribution in [0.5, 0.6) is 0 Å². The number of ether oxygens (including phenoxy) is 3. The van der Waals surface area contributed by atoms with E-state index in [4.69, 9.17) is 14.2 Å². The predicted molar refractivity (Wildman–Crippen MR) is 51.3 cm³/mol. The molecule has 1 heterocycles. The first-order valence-electron chi connectivity index (χ1n) is 5.00. The first kappa shape index (κ1) is 12.5. The Bertz CT molecular complexity index is 298. The maximum absolute atomic E-state index is 11.3. The van der Waals surface area contributed by atoms with Gasteiger partial charge < -0.3 is 14.2 Å². The monoisotopic (exact) mass is 230 g/mol. The maximum atomic E-state index is 11.3. The maximum Gasteiger partial charge on any atom is 0.347 e. The van der Waals surface area contributed by atoms with Crippen molar-refractivity contribution in [3.63, 3.8) is 0 Å². The number of rotatable bonds is 3. The second-order valence-electron chi connectivity index (χ2n) is 3.54. The Morgan fingerprint density at radius 3 is 2.50 bits per heavy atom. The van der Waals surface area contributed by atoms with E-state index in [1.54, 1.807) is 0 Å². The molecule has 0 N–H and O–H groups in total. The van der Waals surface area contributed by atoms with E-state index in [0.717, 1.165) is 0 Å². The standard InChI is InChI=1S/C10H14O6/c1-6(11)14-5-8-3-4-9(10(13)16-8)15-7(2)12/h8-9H,3-5H2,1-2H3/t8-,9-/m1/s1. The molecule has 2 atom stereocenters. The van der Waals surface area contributed by atoms with Crippen molar-refractivity contribution in [1.29, 1.82) is 0 Å². The summed E-state index contributed by atoms with van der Waals surface area (Å²) in [6.07, 6.45) is -0.365. The zero-order chi connectivity index (χ0) is 12.1. The summed E-state index contributed by atoms with van der Waals surface area (Å²) in [7, 11) is 0. The minimum Gasteiger partial charge on any atom is -0.462 e. The molecular formula is C10H14O6. The van der Waals surface area contributed by atoms with Gasteiger partial charge in [-0.15, -0.1) is 0 Å². The molecule has 0 aliphatic carbocycles. The van der Waals surface area contributed by atoms with Crippen molar-refractivity contribution in [1.82, 2.24) is 0 Å². The number of cyclic esters (lactones) is 1. The molecule has 0 aromatic rings. The molecule has 16 heavy (non-hydrogen) atoms. The Labute approximate surface area is 92.8 Å². The van der Waals surface area contributed by atoms with Crippen molar-refractivity contribution in [3.8, 4) is 0 Å². The summed E-state index contributed by atoms with van der Waals surface area (Å²) in [6.45, 7) is 2.57. The minimum atomic E-state index is -0.828. The highest BCUT2D eigenvalue weighted by atomic mass is 16.6. The Morgan fingerprint density at radius 1 is 1.31 bits per heavy atom. The molecule has 0 unspecified atom stereocenters. The summed E-state index contributed by atoms with van der Waals surface area (Å²) in [4.78, 5) is 32.5. The fourth-order valence-corrected chi connectivity index (χ4v) is 1.39. The first-order valence-corrected chi connectivity index (χ1v) is 5.00. The van der Waals surface area contributed by atoms with E-state index < -0.39 is 30.1 Å². The summed E-state index contributed by atoms with van der Waals surface area (Å²) in [6, 6.07) is 0. The van der Waals surface area contributed by atoms with E-state index in [0.29, 0.717) is 12.8 Å². The van der Waals surface area contributed by atoms with E-state index in [1.807, 2.05) is 0 Å². The summed E-state index contributed by atoms with van der Waals surface area (Å²) in [5.41, 5.74) is 0.